The van der Waals surface area contributed by atoms with Crippen molar-refractivity contribution in [1.29, 1.82) is 0 Å². The number of nitrogens with zero attached hydrogens (tertiary/aromatic N) is 5. The monoisotopic (exact) mass is 567 g/mol. The molecule has 0 saturated heterocycles. The Balaban J connectivity index is 1.45. The number of anilines is 2. The molecule has 2 amide bonds. The maximum atomic E-state index is 13.3. The number of rotatable bonds is 9. The summed E-state index contributed by atoms with van der Waals surface area (Å²) in [7, 11) is 1.72. The third-order valence-electron chi connectivity index (χ3n) is 8.03. The molecule has 0 aliphatic carbocycles. The zero-order valence-electron chi connectivity index (χ0n) is 24.6. The van der Waals surface area contributed by atoms with Gasteiger partial charge in [0.15, 0.2) is 0 Å². The molecule has 2 aromatic carbocycles. The number of hydrogen-bond donors (Lipinski definition) is 1. The van der Waals surface area contributed by atoms with Gasteiger partial charge >= 0.3 is 0 Å². The average molecular weight is 568 g/mol. The Morgan fingerprint density at radius 3 is 2.36 bits per heavy atom. The molecule has 0 fully saturated rings. The smallest absolute Gasteiger partial charge is 0.258 e. The molecule has 218 valence electrons. The molecule has 0 saturated carbocycles. The van der Waals surface area contributed by atoms with Crippen LogP contribution in [-0.2, 0) is 35.8 Å². The number of carbonyl (C=O) groups is 2. The largest absolute Gasteiger partial charge is 0.390 e. The van der Waals surface area contributed by atoms with E-state index in [1.54, 1.807) is 41.5 Å². The van der Waals surface area contributed by atoms with Crippen LogP contribution in [0.1, 0.15) is 37.6 Å². The number of aromatic nitrogens is 2. The molecule has 5 rings (SSSR count). The van der Waals surface area contributed by atoms with Crippen molar-refractivity contribution in [3.63, 3.8) is 0 Å². The van der Waals surface area contributed by atoms with Crippen LogP contribution in [0, 0.1) is 5.41 Å². The summed E-state index contributed by atoms with van der Waals surface area (Å²) in [5.41, 5.74) is 2.76. The standard InChI is InChI=1S/C33H37N5O4/c1-5-38-28-13-11-23(18-29(28)35(4)31(41)33(2,3)32(38)42)20-36(21-24-10-12-26(22-39)34-19-24)16-17-37-15-14-25-8-6-7-9-27(25)30(37)40/h6-15,18-19,39H,5,16-17,20-22H2,1-4H3. The SMILES string of the molecule is CCN1C(=O)C(C)(C)C(=O)N(C)c2cc(CN(CCn3ccc4ccccc4c3=O)Cc3ccc(CO)nc3)ccc21. The fourth-order valence-corrected chi connectivity index (χ4v) is 5.57. The van der Waals surface area contributed by atoms with Crippen LogP contribution in [-0.4, -0.2) is 51.5 Å². The second-order valence-corrected chi connectivity index (χ2v) is 11.3. The first-order valence-corrected chi connectivity index (χ1v) is 14.2. The zero-order valence-corrected chi connectivity index (χ0v) is 24.6. The highest BCUT2D eigenvalue weighted by Crippen LogP contribution is 2.39. The van der Waals surface area contributed by atoms with E-state index in [-0.39, 0.29) is 24.0 Å². The first-order chi connectivity index (χ1) is 20.1. The van der Waals surface area contributed by atoms with E-state index in [9.17, 15) is 19.5 Å². The van der Waals surface area contributed by atoms with Crippen molar-refractivity contribution in [3.05, 3.63) is 100 Å². The highest BCUT2D eigenvalue weighted by atomic mass is 16.3. The Bertz CT molecular complexity index is 1680. The molecule has 0 bridgehead atoms. The summed E-state index contributed by atoms with van der Waals surface area (Å²) in [4.78, 5) is 49.6. The van der Waals surface area contributed by atoms with Crippen molar-refractivity contribution >= 4 is 34.0 Å². The molecule has 1 aliphatic rings. The van der Waals surface area contributed by atoms with Crippen molar-refractivity contribution in [2.75, 3.05) is 29.9 Å². The Kier molecular flexibility index (Phi) is 8.24. The average Bonchev–Trinajstić information content (AvgIpc) is 3.05. The van der Waals surface area contributed by atoms with Crippen LogP contribution >= 0.6 is 0 Å². The second-order valence-electron chi connectivity index (χ2n) is 11.3. The van der Waals surface area contributed by atoms with E-state index in [1.807, 2.05) is 73.8 Å². The van der Waals surface area contributed by atoms with Gasteiger partial charge in [0.1, 0.15) is 5.41 Å². The van der Waals surface area contributed by atoms with Crippen LogP contribution in [0.4, 0.5) is 11.4 Å². The molecule has 1 N–H and O–H groups in total. The maximum absolute atomic E-state index is 13.3. The van der Waals surface area contributed by atoms with Crippen molar-refractivity contribution in [2.24, 2.45) is 5.41 Å². The molecule has 42 heavy (non-hydrogen) atoms. The number of aliphatic hydroxyl groups is 1. The molecule has 2 aromatic heterocycles. The van der Waals surface area contributed by atoms with E-state index in [0.717, 1.165) is 16.5 Å². The molecule has 4 aromatic rings. The molecule has 0 radical (unpaired) electrons. The second kappa shape index (κ2) is 11.9. The molecule has 9 nitrogen and oxygen atoms in total. The molecule has 0 atom stereocenters. The lowest BCUT2D eigenvalue weighted by molar-refractivity contribution is -0.137. The molecule has 9 heteroatoms. The summed E-state index contributed by atoms with van der Waals surface area (Å²) in [5, 5.41) is 11.0. The van der Waals surface area contributed by atoms with Crippen LogP contribution in [0.5, 0.6) is 0 Å². The minimum absolute atomic E-state index is 0.0286. The van der Waals surface area contributed by atoms with Gasteiger partial charge in [-0.15, -0.1) is 0 Å². The number of amides is 2. The summed E-state index contributed by atoms with van der Waals surface area (Å²) < 4.78 is 1.73. The van der Waals surface area contributed by atoms with Crippen LogP contribution in [0.25, 0.3) is 10.8 Å². The highest BCUT2D eigenvalue weighted by Gasteiger charge is 2.45. The van der Waals surface area contributed by atoms with Gasteiger partial charge < -0.3 is 19.5 Å². The van der Waals surface area contributed by atoms with Crippen molar-refractivity contribution in [1.82, 2.24) is 14.5 Å². The van der Waals surface area contributed by atoms with Crippen molar-refractivity contribution in [2.45, 2.75) is 47.0 Å². The lowest BCUT2D eigenvalue weighted by Gasteiger charge is -2.27. The zero-order chi connectivity index (χ0) is 30.0. The number of hydrogen-bond acceptors (Lipinski definition) is 6. The van der Waals surface area contributed by atoms with E-state index in [1.165, 1.54) is 0 Å². The van der Waals surface area contributed by atoms with Gasteiger partial charge in [0.25, 0.3) is 5.56 Å². The van der Waals surface area contributed by atoms with E-state index >= 15 is 0 Å². The molecule has 0 spiro atoms. The fraction of sp³-hybridized carbons (Fsp3) is 0.333. The Morgan fingerprint density at radius 2 is 1.64 bits per heavy atom. The molecular formula is C33H37N5O4. The lowest BCUT2D eigenvalue weighted by atomic mass is 9.90. The number of benzene rings is 2. The molecule has 1 aliphatic heterocycles. The quantitative estimate of drug-likeness (QED) is 0.308. The summed E-state index contributed by atoms with van der Waals surface area (Å²) in [5.74, 6) is -0.459. The van der Waals surface area contributed by atoms with Gasteiger partial charge in [-0.1, -0.05) is 30.3 Å². The first-order valence-electron chi connectivity index (χ1n) is 14.2. The van der Waals surface area contributed by atoms with E-state index in [0.29, 0.717) is 55.2 Å². The number of carbonyl (C=O) groups excluding carboxylic acids is 2. The van der Waals surface area contributed by atoms with Gasteiger partial charge in [-0.3, -0.25) is 24.3 Å². The molecule has 0 unspecified atom stereocenters. The normalized spacial score (nSPS) is 14.9. The van der Waals surface area contributed by atoms with Crippen LogP contribution in [0.15, 0.2) is 77.9 Å². The fourth-order valence-electron chi connectivity index (χ4n) is 5.57. The number of fused-ring (bicyclic) bond motifs is 2. The van der Waals surface area contributed by atoms with Gasteiger partial charge in [0.2, 0.25) is 11.8 Å². The Hall–Kier alpha value is -4.34. The Labute approximate surface area is 245 Å². The lowest BCUT2D eigenvalue weighted by Crippen LogP contribution is -2.47. The van der Waals surface area contributed by atoms with Gasteiger partial charge in [0.05, 0.1) is 23.7 Å². The van der Waals surface area contributed by atoms with Gasteiger partial charge in [-0.2, -0.15) is 0 Å². The van der Waals surface area contributed by atoms with Crippen molar-refractivity contribution < 1.29 is 14.7 Å². The van der Waals surface area contributed by atoms with E-state index in [4.69, 9.17) is 0 Å². The number of pyridine rings is 2. The summed E-state index contributed by atoms with van der Waals surface area (Å²) in [6.07, 6.45) is 3.60. The summed E-state index contributed by atoms with van der Waals surface area (Å²) in [6, 6.07) is 19.2. The first kappa shape index (κ1) is 29.2. The van der Waals surface area contributed by atoms with E-state index < -0.39 is 5.41 Å². The Morgan fingerprint density at radius 1 is 0.905 bits per heavy atom. The number of aliphatic hydroxyl groups excluding tert-OH is 1. The highest BCUT2D eigenvalue weighted by molar-refractivity contribution is 6.19. The van der Waals surface area contributed by atoms with Gasteiger partial charge in [0, 0.05) is 57.6 Å². The van der Waals surface area contributed by atoms with Gasteiger partial charge in [-0.25, -0.2) is 0 Å². The predicted octanol–water partition coefficient (Wildman–Crippen LogP) is 3.95. The predicted molar refractivity (Wildman–Crippen MR) is 164 cm³/mol. The third-order valence-corrected chi connectivity index (χ3v) is 8.03. The summed E-state index contributed by atoms with van der Waals surface area (Å²) in [6.45, 7) is 7.78. The third kappa shape index (κ3) is 5.57. The van der Waals surface area contributed by atoms with Crippen LogP contribution in [0.2, 0.25) is 0 Å². The molecular weight excluding hydrogens is 530 g/mol. The van der Waals surface area contributed by atoms with Crippen LogP contribution in [0.3, 0.4) is 0 Å². The van der Waals surface area contributed by atoms with Gasteiger partial charge in [-0.05, 0) is 67.6 Å². The summed E-state index contributed by atoms with van der Waals surface area (Å²) >= 11 is 0. The van der Waals surface area contributed by atoms with Crippen molar-refractivity contribution in [3.8, 4) is 0 Å². The van der Waals surface area contributed by atoms with Crippen LogP contribution < -0.4 is 15.4 Å². The maximum Gasteiger partial charge on any atom is 0.258 e. The topological polar surface area (TPSA) is 99.0 Å². The van der Waals surface area contributed by atoms with E-state index in [2.05, 4.69) is 9.88 Å². The minimum atomic E-state index is -1.17. The minimum Gasteiger partial charge on any atom is -0.390 e. The molecule has 3 heterocycles.